The van der Waals surface area contributed by atoms with Crippen LogP contribution in [0.1, 0.15) is 5.69 Å². The number of aromatic nitrogens is 1. The lowest BCUT2D eigenvalue weighted by molar-refractivity contribution is 1.20. The molecule has 0 saturated heterocycles. The van der Waals surface area contributed by atoms with Gasteiger partial charge in [-0.15, -0.1) is 0 Å². The zero-order chi connectivity index (χ0) is 7.40. The number of anilines is 1. The van der Waals surface area contributed by atoms with E-state index in [0.29, 0.717) is 11.5 Å². The fraction of sp³-hybridized carbons (Fsp3) is 0. The fourth-order valence-corrected chi connectivity index (χ4v) is 0.577. The summed E-state index contributed by atoms with van der Waals surface area (Å²) in [5.74, 6) is 5.55. The second-order valence-electron chi connectivity index (χ2n) is 1.66. The molecule has 0 spiro atoms. The molecule has 3 N–H and O–H groups in total. The number of pyridine rings is 1. The van der Waals surface area contributed by atoms with E-state index in [-0.39, 0.29) is 0 Å². The normalized spacial score (nSPS) is 8.40. The Balaban J connectivity index is 3.01. The van der Waals surface area contributed by atoms with Crippen molar-refractivity contribution in [2.75, 3.05) is 5.43 Å². The Bertz CT molecular complexity index is 263. The van der Waals surface area contributed by atoms with Gasteiger partial charge in [0.15, 0.2) is 0 Å². The molecule has 4 heteroatoms. The lowest BCUT2D eigenvalue weighted by Gasteiger charge is -1.95. The van der Waals surface area contributed by atoms with Crippen LogP contribution in [0.4, 0.5) is 5.82 Å². The predicted molar refractivity (Wildman–Crippen MR) is 36.8 cm³/mol. The topological polar surface area (TPSA) is 74.7 Å². The molecule has 0 aliphatic carbocycles. The number of nitrogens with one attached hydrogen (secondary N) is 1. The Labute approximate surface area is 58.3 Å². The average molecular weight is 134 g/mol. The van der Waals surface area contributed by atoms with Crippen molar-refractivity contribution in [2.24, 2.45) is 5.84 Å². The summed E-state index contributed by atoms with van der Waals surface area (Å²) >= 11 is 0. The molecule has 50 valence electrons. The van der Waals surface area contributed by atoms with Crippen molar-refractivity contribution >= 4 is 5.82 Å². The van der Waals surface area contributed by atoms with Crippen LogP contribution in [0.2, 0.25) is 0 Å². The third-order valence-corrected chi connectivity index (χ3v) is 1.01. The van der Waals surface area contributed by atoms with Crippen molar-refractivity contribution in [3.05, 3.63) is 23.9 Å². The van der Waals surface area contributed by atoms with E-state index in [4.69, 9.17) is 11.1 Å². The van der Waals surface area contributed by atoms with Crippen LogP contribution >= 0.6 is 0 Å². The van der Waals surface area contributed by atoms with Crippen LogP contribution in [-0.2, 0) is 0 Å². The highest BCUT2D eigenvalue weighted by atomic mass is 15.2. The Hall–Kier alpha value is -1.60. The van der Waals surface area contributed by atoms with Gasteiger partial charge < -0.3 is 5.43 Å². The minimum Gasteiger partial charge on any atom is -0.308 e. The lowest BCUT2D eigenvalue weighted by atomic mass is 10.4. The molecular formula is C6H6N4. The van der Waals surface area contributed by atoms with Crippen molar-refractivity contribution in [3.63, 3.8) is 0 Å². The van der Waals surface area contributed by atoms with Gasteiger partial charge in [0, 0.05) is 0 Å². The second-order valence-corrected chi connectivity index (χ2v) is 1.66. The number of nitrogens with zero attached hydrogens (tertiary/aromatic N) is 2. The summed E-state index contributed by atoms with van der Waals surface area (Å²) in [6.07, 6.45) is 0. The summed E-state index contributed by atoms with van der Waals surface area (Å²) in [5.41, 5.74) is 2.70. The number of hydrazine groups is 1. The van der Waals surface area contributed by atoms with Crippen LogP contribution in [0, 0.1) is 11.3 Å². The largest absolute Gasteiger partial charge is 0.308 e. The molecule has 0 aliphatic heterocycles. The quantitative estimate of drug-likeness (QED) is 0.426. The van der Waals surface area contributed by atoms with Gasteiger partial charge in [-0.25, -0.2) is 10.8 Å². The fourth-order valence-electron chi connectivity index (χ4n) is 0.577. The highest BCUT2D eigenvalue weighted by Crippen LogP contribution is 2.00. The molecule has 0 atom stereocenters. The third-order valence-electron chi connectivity index (χ3n) is 1.01. The Kier molecular flexibility index (Phi) is 1.83. The van der Waals surface area contributed by atoms with Crippen LogP contribution in [0.5, 0.6) is 0 Å². The predicted octanol–water partition coefficient (Wildman–Crippen LogP) is 0.239. The van der Waals surface area contributed by atoms with E-state index in [1.54, 1.807) is 18.2 Å². The van der Waals surface area contributed by atoms with E-state index < -0.39 is 0 Å². The van der Waals surface area contributed by atoms with Crippen LogP contribution in [0.25, 0.3) is 0 Å². The Morgan fingerprint density at radius 3 is 3.00 bits per heavy atom. The van der Waals surface area contributed by atoms with Gasteiger partial charge in [0.2, 0.25) is 0 Å². The minimum absolute atomic E-state index is 0.357. The molecule has 1 heterocycles. The van der Waals surface area contributed by atoms with Gasteiger partial charge in [-0.1, -0.05) is 6.07 Å². The highest BCUT2D eigenvalue weighted by Gasteiger charge is 1.91. The number of rotatable bonds is 1. The first kappa shape index (κ1) is 6.52. The number of hydrogen-bond donors (Lipinski definition) is 2. The molecule has 1 aromatic rings. The van der Waals surface area contributed by atoms with Gasteiger partial charge in [0.1, 0.15) is 17.6 Å². The first-order chi connectivity index (χ1) is 4.86. The van der Waals surface area contributed by atoms with E-state index in [1.807, 2.05) is 6.07 Å². The summed E-state index contributed by atoms with van der Waals surface area (Å²) in [7, 11) is 0. The Morgan fingerprint density at radius 1 is 1.60 bits per heavy atom. The standard InChI is InChI=1S/C6H6N4/c7-4-5-2-1-3-6(9-5)10-8/h1-3H,8H2,(H,9,10). The monoisotopic (exact) mass is 134 g/mol. The van der Waals surface area contributed by atoms with E-state index in [1.165, 1.54) is 0 Å². The first-order valence-corrected chi connectivity index (χ1v) is 2.70. The summed E-state index contributed by atoms with van der Waals surface area (Å²) < 4.78 is 0. The molecule has 0 aliphatic rings. The number of nitrogens with two attached hydrogens (primary N) is 1. The molecular weight excluding hydrogens is 128 g/mol. The maximum absolute atomic E-state index is 8.38. The van der Waals surface area contributed by atoms with Crippen LogP contribution < -0.4 is 11.3 Å². The molecule has 0 amide bonds. The third kappa shape index (κ3) is 1.21. The average Bonchev–Trinajstić information content (AvgIpc) is 2.05. The van der Waals surface area contributed by atoms with Crippen LogP contribution in [0.3, 0.4) is 0 Å². The lowest BCUT2D eigenvalue weighted by Crippen LogP contribution is -2.08. The molecule has 0 radical (unpaired) electrons. The smallest absolute Gasteiger partial charge is 0.142 e. The van der Waals surface area contributed by atoms with E-state index >= 15 is 0 Å². The second kappa shape index (κ2) is 2.80. The van der Waals surface area contributed by atoms with Gasteiger partial charge >= 0.3 is 0 Å². The SMILES string of the molecule is N#Cc1cccc(NN)n1. The van der Waals surface area contributed by atoms with E-state index in [2.05, 4.69) is 10.4 Å². The maximum Gasteiger partial charge on any atom is 0.142 e. The zero-order valence-corrected chi connectivity index (χ0v) is 5.20. The van der Waals surface area contributed by atoms with Crippen molar-refractivity contribution < 1.29 is 0 Å². The molecule has 0 bridgehead atoms. The van der Waals surface area contributed by atoms with E-state index in [9.17, 15) is 0 Å². The van der Waals surface area contributed by atoms with E-state index in [0.717, 1.165) is 0 Å². The van der Waals surface area contributed by atoms with Crippen molar-refractivity contribution in [1.82, 2.24) is 4.98 Å². The molecule has 0 aromatic carbocycles. The van der Waals surface area contributed by atoms with Crippen molar-refractivity contribution in [3.8, 4) is 6.07 Å². The maximum atomic E-state index is 8.38. The molecule has 0 fully saturated rings. The van der Waals surface area contributed by atoms with Crippen molar-refractivity contribution in [2.45, 2.75) is 0 Å². The summed E-state index contributed by atoms with van der Waals surface area (Å²) in [6, 6.07) is 6.90. The van der Waals surface area contributed by atoms with Gasteiger partial charge in [0.05, 0.1) is 0 Å². The number of hydrogen-bond acceptors (Lipinski definition) is 4. The molecule has 1 rings (SSSR count). The van der Waals surface area contributed by atoms with Gasteiger partial charge in [-0.2, -0.15) is 5.26 Å². The molecule has 0 unspecified atom stereocenters. The highest BCUT2D eigenvalue weighted by molar-refractivity contribution is 5.36. The first-order valence-electron chi connectivity index (χ1n) is 2.70. The van der Waals surface area contributed by atoms with Crippen molar-refractivity contribution in [1.29, 1.82) is 5.26 Å². The summed E-state index contributed by atoms with van der Waals surface area (Å²) in [4.78, 5) is 3.81. The van der Waals surface area contributed by atoms with Gasteiger partial charge in [0.25, 0.3) is 0 Å². The zero-order valence-electron chi connectivity index (χ0n) is 5.20. The number of nitriles is 1. The Morgan fingerprint density at radius 2 is 2.40 bits per heavy atom. The van der Waals surface area contributed by atoms with Crippen LogP contribution in [0.15, 0.2) is 18.2 Å². The number of nitrogen functional groups attached to an aromatic ring is 1. The van der Waals surface area contributed by atoms with Gasteiger partial charge in [-0.3, -0.25) is 0 Å². The summed E-state index contributed by atoms with van der Waals surface area (Å²) in [6.45, 7) is 0. The molecule has 0 saturated carbocycles. The minimum atomic E-state index is 0.357. The summed E-state index contributed by atoms with van der Waals surface area (Å²) in [5, 5.41) is 8.38. The van der Waals surface area contributed by atoms with Gasteiger partial charge in [-0.05, 0) is 12.1 Å². The van der Waals surface area contributed by atoms with Crippen LogP contribution in [-0.4, -0.2) is 4.98 Å². The molecule has 10 heavy (non-hydrogen) atoms. The molecule has 1 aromatic heterocycles. The molecule has 4 nitrogen and oxygen atoms in total.